The van der Waals surface area contributed by atoms with Gasteiger partial charge in [0.05, 0.1) is 4.88 Å². The minimum absolute atomic E-state index is 0.984. The van der Waals surface area contributed by atoms with Crippen LogP contribution in [0.25, 0.3) is 31.0 Å². The second kappa shape index (κ2) is 4.81. The molecule has 0 bridgehead atoms. The molecular weight excluding hydrogens is 284 g/mol. The van der Waals surface area contributed by atoms with Crippen molar-refractivity contribution in [3.05, 3.63) is 60.8 Å². The second-order valence-electron chi connectivity index (χ2n) is 4.41. The molecule has 0 saturated carbocycles. The van der Waals surface area contributed by atoms with Gasteiger partial charge in [-0.1, -0.05) is 47.0 Å². The lowest BCUT2D eigenvalue weighted by Gasteiger charge is -2.03. The first kappa shape index (κ1) is 11.8. The van der Waals surface area contributed by atoms with E-state index in [1.165, 1.54) is 32.1 Å². The molecule has 0 unspecified atom stereocenters. The van der Waals surface area contributed by atoms with Crippen molar-refractivity contribution in [2.45, 2.75) is 0 Å². The van der Waals surface area contributed by atoms with E-state index in [2.05, 4.69) is 64.3 Å². The van der Waals surface area contributed by atoms with E-state index in [0.29, 0.717) is 0 Å². The summed E-state index contributed by atoms with van der Waals surface area (Å²) in [6, 6.07) is 19.1. The fourth-order valence-electron chi connectivity index (χ4n) is 2.27. The minimum Gasteiger partial charge on any atom is -0.136 e. The maximum Gasteiger partial charge on any atom is 0.135 e. The highest BCUT2D eigenvalue weighted by molar-refractivity contribution is 7.22. The van der Waals surface area contributed by atoms with Gasteiger partial charge in [0.2, 0.25) is 0 Å². The van der Waals surface area contributed by atoms with Crippen molar-refractivity contribution in [1.82, 2.24) is 9.59 Å². The maximum absolute atomic E-state index is 3.92. The molecule has 0 fully saturated rings. The molecule has 2 aromatic heterocycles. The number of aromatic nitrogens is 2. The fraction of sp³-hybridized carbons (Fsp3) is 0. The van der Waals surface area contributed by atoms with E-state index in [0.717, 1.165) is 10.4 Å². The van der Waals surface area contributed by atoms with Crippen molar-refractivity contribution < 1.29 is 0 Å². The van der Waals surface area contributed by atoms with Gasteiger partial charge in [-0.25, -0.2) is 0 Å². The molecular formula is C16H9N2S2. The Bertz CT molecular complexity index is 830. The van der Waals surface area contributed by atoms with Crippen LogP contribution in [0.15, 0.2) is 54.6 Å². The molecule has 0 aliphatic heterocycles. The Morgan fingerprint density at radius 3 is 2.50 bits per heavy atom. The molecule has 0 saturated heterocycles. The molecule has 4 aromatic rings. The quantitative estimate of drug-likeness (QED) is 0.526. The zero-order chi connectivity index (χ0) is 13.4. The fourth-order valence-corrected chi connectivity index (χ4v) is 3.89. The van der Waals surface area contributed by atoms with E-state index in [1.54, 1.807) is 0 Å². The summed E-state index contributed by atoms with van der Waals surface area (Å²) in [5.74, 6) is 0. The van der Waals surface area contributed by atoms with Gasteiger partial charge in [0, 0.05) is 20.7 Å². The Morgan fingerprint density at radius 2 is 1.70 bits per heavy atom. The third kappa shape index (κ3) is 1.94. The lowest BCUT2D eigenvalue weighted by atomic mass is 10.0. The third-order valence-electron chi connectivity index (χ3n) is 3.19. The monoisotopic (exact) mass is 293 g/mol. The highest BCUT2D eigenvalue weighted by Crippen LogP contribution is 2.39. The van der Waals surface area contributed by atoms with Crippen LogP contribution in [0.5, 0.6) is 0 Å². The van der Waals surface area contributed by atoms with Gasteiger partial charge >= 0.3 is 0 Å². The average Bonchev–Trinajstić information content (AvgIpc) is 3.16. The van der Waals surface area contributed by atoms with Gasteiger partial charge in [0.25, 0.3) is 0 Å². The number of nitrogens with zero attached hydrogens (tertiary/aromatic N) is 2. The van der Waals surface area contributed by atoms with Crippen LogP contribution >= 0.6 is 22.9 Å². The number of rotatable bonds is 2. The predicted molar refractivity (Wildman–Crippen MR) is 85.0 cm³/mol. The lowest BCUT2D eigenvalue weighted by molar-refractivity contribution is 1.15. The largest absolute Gasteiger partial charge is 0.136 e. The smallest absolute Gasteiger partial charge is 0.135 e. The van der Waals surface area contributed by atoms with Crippen molar-refractivity contribution in [2.75, 3.05) is 0 Å². The first-order chi connectivity index (χ1) is 9.92. The Kier molecular flexibility index (Phi) is 2.83. The van der Waals surface area contributed by atoms with Gasteiger partial charge in [-0.05, 0) is 29.1 Å². The number of benzene rings is 2. The second-order valence-corrected chi connectivity index (χ2v) is 6.25. The summed E-state index contributed by atoms with van der Waals surface area (Å²) in [6.45, 7) is 0. The molecule has 2 aromatic carbocycles. The molecule has 4 rings (SSSR count). The first-order valence-corrected chi connectivity index (χ1v) is 7.79. The number of hydrogen-bond donors (Lipinski definition) is 0. The maximum atomic E-state index is 3.92. The molecule has 2 heterocycles. The van der Waals surface area contributed by atoms with E-state index >= 15 is 0 Å². The Morgan fingerprint density at radius 1 is 0.900 bits per heavy atom. The number of thiophene rings is 1. The van der Waals surface area contributed by atoms with Gasteiger partial charge in [-0.15, -0.1) is 16.4 Å². The summed E-state index contributed by atoms with van der Waals surface area (Å²) >= 11 is 3.19. The van der Waals surface area contributed by atoms with Crippen molar-refractivity contribution in [3.63, 3.8) is 0 Å². The van der Waals surface area contributed by atoms with E-state index in [4.69, 9.17) is 0 Å². The highest BCUT2D eigenvalue weighted by Gasteiger charge is 2.11. The van der Waals surface area contributed by atoms with Gasteiger partial charge in [0.15, 0.2) is 0 Å². The van der Waals surface area contributed by atoms with Crippen molar-refractivity contribution in [1.29, 1.82) is 0 Å². The van der Waals surface area contributed by atoms with Crippen molar-refractivity contribution in [2.24, 2.45) is 0 Å². The van der Waals surface area contributed by atoms with Gasteiger partial charge in [-0.2, -0.15) is 0 Å². The molecule has 0 amide bonds. The minimum atomic E-state index is 0.984. The summed E-state index contributed by atoms with van der Waals surface area (Å²) in [5.41, 5.74) is 2.37. The molecule has 2 nitrogen and oxygen atoms in total. The summed E-state index contributed by atoms with van der Waals surface area (Å²) in [4.78, 5) is 2.25. The van der Waals surface area contributed by atoms with Crippen LogP contribution < -0.4 is 0 Å². The van der Waals surface area contributed by atoms with Crippen LogP contribution in [0, 0.1) is 6.20 Å². The molecule has 20 heavy (non-hydrogen) atoms. The van der Waals surface area contributed by atoms with Crippen LogP contribution in [0.3, 0.4) is 0 Å². The van der Waals surface area contributed by atoms with Gasteiger partial charge in [0.1, 0.15) is 6.20 Å². The van der Waals surface area contributed by atoms with Crippen molar-refractivity contribution >= 4 is 33.0 Å². The van der Waals surface area contributed by atoms with E-state index in [1.807, 2.05) is 17.4 Å². The summed E-state index contributed by atoms with van der Waals surface area (Å²) in [5, 5.41) is 5.11. The van der Waals surface area contributed by atoms with E-state index in [-0.39, 0.29) is 0 Å². The Labute approximate surface area is 124 Å². The van der Waals surface area contributed by atoms with Crippen LogP contribution in [-0.2, 0) is 0 Å². The van der Waals surface area contributed by atoms with Crippen LogP contribution in [0.1, 0.15) is 0 Å². The molecule has 95 valence electrons. The summed E-state index contributed by atoms with van der Waals surface area (Å²) in [6.07, 6.45) is 2.96. The standard InChI is InChI=1S/C16H9N2S2/c1-4-8-14-11(5-1)9-15(19-14)12-6-2-3-7-13(12)16-10-17-18-20-16/h1-9H. The summed E-state index contributed by atoms with van der Waals surface area (Å²) in [7, 11) is 0. The molecule has 0 spiro atoms. The van der Waals surface area contributed by atoms with Crippen LogP contribution in [0.4, 0.5) is 0 Å². The van der Waals surface area contributed by atoms with Gasteiger partial charge in [-0.3, -0.25) is 0 Å². The highest BCUT2D eigenvalue weighted by atomic mass is 32.1. The first-order valence-electron chi connectivity index (χ1n) is 6.20. The van der Waals surface area contributed by atoms with E-state index in [9.17, 15) is 0 Å². The number of fused-ring (bicyclic) bond motifs is 1. The average molecular weight is 293 g/mol. The zero-order valence-corrected chi connectivity index (χ0v) is 12.0. The normalized spacial score (nSPS) is 11.0. The Hall–Kier alpha value is -2.04. The van der Waals surface area contributed by atoms with Gasteiger partial charge < -0.3 is 0 Å². The molecule has 0 aliphatic rings. The summed E-state index contributed by atoms with van der Waals surface area (Å²) < 4.78 is 5.22. The van der Waals surface area contributed by atoms with Crippen molar-refractivity contribution in [3.8, 4) is 20.9 Å². The lowest BCUT2D eigenvalue weighted by Crippen LogP contribution is -1.79. The van der Waals surface area contributed by atoms with E-state index < -0.39 is 0 Å². The van der Waals surface area contributed by atoms with Crippen LogP contribution in [0.2, 0.25) is 0 Å². The molecule has 0 N–H and O–H groups in total. The van der Waals surface area contributed by atoms with Crippen LogP contribution in [-0.4, -0.2) is 9.59 Å². The number of hydrogen-bond acceptors (Lipinski definition) is 4. The zero-order valence-electron chi connectivity index (χ0n) is 10.4. The molecule has 4 heteroatoms. The molecule has 0 aliphatic carbocycles. The Balaban J connectivity index is 1.94. The third-order valence-corrected chi connectivity index (χ3v) is 4.99. The SMILES string of the molecule is [c]1nnsc1-c1ccccc1-c1cc2ccccc2s1. The molecule has 0 atom stereocenters. The predicted octanol–water partition coefficient (Wildman–Crippen LogP) is 4.89. The molecule has 1 radical (unpaired) electrons. The topological polar surface area (TPSA) is 25.8 Å².